The Kier molecular flexibility index (Phi) is 5.00. The minimum Gasteiger partial charge on any atom is -0.292 e. The molecule has 0 saturated heterocycles. The molecule has 0 radical (unpaired) electrons. The normalized spacial score (nSPS) is 10.4. The van der Waals surface area contributed by atoms with Gasteiger partial charge in [-0.3, -0.25) is 9.78 Å². The van der Waals surface area contributed by atoms with Crippen molar-refractivity contribution in [1.29, 1.82) is 0 Å². The monoisotopic (exact) mass is 291 g/mol. The number of halogens is 1. The predicted octanol–water partition coefficient (Wildman–Crippen LogP) is 4.62. The zero-order chi connectivity index (χ0) is 13.7. The van der Waals surface area contributed by atoms with Crippen LogP contribution in [-0.2, 0) is 5.75 Å². The Bertz CT molecular complexity index is 569. The van der Waals surface area contributed by atoms with Crippen LogP contribution in [-0.4, -0.2) is 10.8 Å². The Morgan fingerprint density at radius 1 is 1.26 bits per heavy atom. The van der Waals surface area contributed by atoms with Gasteiger partial charge in [-0.1, -0.05) is 36.7 Å². The molecule has 1 aromatic carbocycles. The molecule has 98 valence electrons. The molecule has 0 aliphatic heterocycles. The lowest BCUT2D eigenvalue weighted by Crippen LogP contribution is -1.99. The number of benzene rings is 1. The molecule has 1 aromatic heterocycles. The molecule has 0 amide bonds. The summed E-state index contributed by atoms with van der Waals surface area (Å²) in [6.07, 6.45) is 2.23. The second-order valence-electron chi connectivity index (χ2n) is 4.04. The molecule has 4 heteroatoms. The van der Waals surface area contributed by atoms with E-state index in [1.54, 1.807) is 24.0 Å². The van der Waals surface area contributed by atoms with E-state index in [9.17, 15) is 4.79 Å². The van der Waals surface area contributed by atoms with Crippen LogP contribution >= 0.6 is 23.4 Å². The molecule has 2 rings (SSSR count). The summed E-state index contributed by atoms with van der Waals surface area (Å²) in [5, 5.41) is 0.778. The highest BCUT2D eigenvalue weighted by Gasteiger charge is 2.05. The van der Waals surface area contributed by atoms with Crippen molar-refractivity contribution in [3.8, 4) is 0 Å². The topological polar surface area (TPSA) is 30.0 Å². The second-order valence-corrected chi connectivity index (χ2v) is 5.49. The van der Waals surface area contributed by atoms with Crippen LogP contribution in [0.15, 0.2) is 47.5 Å². The van der Waals surface area contributed by atoms with Crippen molar-refractivity contribution < 1.29 is 4.79 Å². The first-order valence-electron chi connectivity index (χ1n) is 6.06. The second kappa shape index (κ2) is 6.73. The molecule has 19 heavy (non-hydrogen) atoms. The predicted molar refractivity (Wildman–Crippen MR) is 79.9 cm³/mol. The van der Waals surface area contributed by atoms with Crippen molar-refractivity contribution in [2.24, 2.45) is 0 Å². The zero-order valence-corrected chi connectivity index (χ0v) is 12.2. The van der Waals surface area contributed by atoms with Crippen LogP contribution in [0.2, 0.25) is 5.02 Å². The molecule has 0 aliphatic rings. The van der Waals surface area contributed by atoms with Gasteiger partial charge in [0, 0.05) is 28.3 Å². The minimum absolute atomic E-state index is 0.0719. The van der Waals surface area contributed by atoms with Gasteiger partial charge in [0.05, 0.1) is 0 Å². The minimum atomic E-state index is 0.0719. The standard InChI is InChI=1S/C15H14ClNOS/c1-2-15(18)14-8-7-12(9-17-14)19-10-11-5-3-4-6-13(11)16/h3-9H,2,10H2,1H3. The van der Waals surface area contributed by atoms with E-state index >= 15 is 0 Å². The molecule has 0 unspecified atom stereocenters. The number of Topliss-reactive ketones (excluding diaryl/α,β-unsaturated/α-hetero) is 1. The number of carbonyl (C=O) groups is 1. The van der Waals surface area contributed by atoms with Crippen molar-refractivity contribution >= 4 is 29.1 Å². The van der Waals surface area contributed by atoms with Gasteiger partial charge in [0.1, 0.15) is 5.69 Å². The van der Waals surface area contributed by atoms with E-state index in [2.05, 4.69) is 4.98 Å². The van der Waals surface area contributed by atoms with Crippen molar-refractivity contribution in [1.82, 2.24) is 4.98 Å². The van der Waals surface area contributed by atoms with Crippen molar-refractivity contribution in [2.45, 2.75) is 24.0 Å². The van der Waals surface area contributed by atoms with Gasteiger partial charge >= 0.3 is 0 Å². The average Bonchev–Trinajstić information content (AvgIpc) is 2.46. The maximum Gasteiger partial charge on any atom is 0.180 e. The fourth-order valence-electron chi connectivity index (χ4n) is 1.59. The SMILES string of the molecule is CCC(=O)c1ccc(SCc2ccccc2Cl)cn1. The maximum absolute atomic E-state index is 11.5. The summed E-state index contributed by atoms with van der Waals surface area (Å²) in [5.74, 6) is 0.866. The van der Waals surface area contributed by atoms with Crippen LogP contribution in [0.5, 0.6) is 0 Å². The zero-order valence-electron chi connectivity index (χ0n) is 10.6. The molecular weight excluding hydrogens is 278 g/mol. The highest BCUT2D eigenvalue weighted by atomic mass is 35.5. The molecule has 0 fully saturated rings. The molecule has 0 spiro atoms. The van der Waals surface area contributed by atoms with Crippen molar-refractivity contribution in [3.05, 3.63) is 58.9 Å². The third kappa shape index (κ3) is 3.82. The first-order chi connectivity index (χ1) is 9.20. The number of thioether (sulfide) groups is 1. The molecule has 2 nitrogen and oxygen atoms in total. The van der Waals surface area contributed by atoms with Crippen LogP contribution in [0.3, 0.4) is 0 Å². The molecule has 0 N–H and O–H groups in total. The van der Waals surface area contributed by atoms with E-state index in [0.717, 1.165) is 21.2 Å². The molecule has 0 bridgehead atoms. The van der Waals surface area contributed by atoms with Gasteiger partial charge in [-0.05, 0) is 23.8 Å². The van der Waals surface area contributed by atoms with Gasteiger partial charge < -0.3 is 0 Å². The number of aromatic nitrogens is 1. The fraction of sp³-hybridized carbons (Fsp3) is 0.200. The fourth-order valence-corrected chi connectivity index (χ4v) is 2.74. The number of carbonyl (C=O) groups excluding carboxylic acids is 1. The number of rotatable bonds is 5. The lowest BCUT2D eigenvalue weighted by Gasteiger charge is -2.04. The molecule has 0 atom stereocenters. The van der Waals surface area contributed by atoms with E-state index in [-0.39, 0.29) is 5.78 Å². The first kappa shape index (κ1) is 14.1. The third-order valence-corrected chi connectivity index (χ3v) is 4.09. The Morgan fingerprint density at radius 2 is 2.05 bits per heavy atom. The smallest absolute Gasteiger partial charge is 0.180 e. The Balaban J connectivity index is 2.01. The number of hydrogen-bond acceptors (Lipinski definition) is 3. The lowest BCUT2D eigenvalue weighted by atomic mass is 10.2. The summed E-state index contributed by atoms with van der Waals surface area (Å²) in [7, 11) is 0. The first-order valence-corrected chi connectivity index (χ1v) is 7.42. The Labute approximate surface area is 122 Å². The third-order valence-electron chi connectivity index (χ3n) is 2.70. The van der Waals surface area contributed by atoms with E-state index in [1.165, 1.54) is 0 Å². The number of hydrogen-bond donors (Lipinski definition) is 0. The summed E-state index contributed by atoms with van der Waals surface area (Å²) in [6, 6.07) is 11.5. The van der Waals surface area contributed by atoms with Gasteiger partial charge in [0.25, 0.3) is 0 Å². The van der Waals surface area contributed by atoms with Crippen LogP contribution in [0, 0.1) is 0 Å². The highest BCUT2D eigenvalue weighted by Crippen LogP contribution is 2.26. The molecule has 1 heterocycles. The molecule has 0 saturated carbocycles. The lowest BCUT2D eigenvalue weighted by molar-refractivity contribution is 0.0983. The largest absolute Gasteiger partial charge is 0.292 e. The van der Waals surface area contributed by atoms with Crippen LogP contribution in [0.25, 0.3) is 0 Å². The quantitative estimate of drug-likeness (QED) is 0.595. The molecule has 2 aromatic rings. The highest BCUT2D eigenvalue weighted by molar-refractivity contribution is 7.98. The molecule has 0 aliphatic carbocycles. The Morgan fingerprint density at radius 3 is 2.68 bits per heavy atom. The van der Waals surface area contributed by atoms with Crippen molar-refractivity contribution in [3.63, 3.8) is 0 Å². The maximum atomic E-state index is 11.5. The van der Waals surface area contributed by atoms with E-state index < -0.39 is 0 Å². The van der Waals surface area contributed by atoms with Crippen LogP contribution in [0.1, 0.15) is 29.4 Å². The summed E-state index contributed by atoms with van der Waals surface area (Å²) in [5.41, 5.74) is 1.63. The number of pyridine rings is 1. The summed E-state index contributed by atoms with van der Waals surface area (Å²) >= 11 is 7.76. The van der Waals surface area contributed by atoms with Gasteiger partial charge in [0.15, 0.2) is 5.78 Å². The van der Waals surface area contributed by atoms with Gasteiger partial charge in [-0.15, -0.1) is 11.8 Å². The van der Waals surface area contributed by atoms with Gasteiger partial charge in [-0.25, -0.2) is 0 Å². The van der Waals surface area contributed by atoms with Crippen LogP contribution in [0.4, 0.5) is 0 Å². The van der Waals surface area contributed by atoms with Gasteiger partial charge in [0.2, 0.25) is 0 Å². The number of nitrogens with zero attached hydrogens (tertiary/aromatic N) is 1. The van der Waals surface area contributed by atoms with Crippen LogP contribution < -0.4 is 0 Å². The van der Waals surface area contributed by atoms with Gasteiger partial charge in [-0.2, -0.15) is 0 Å². The summed E-state index contributed by atoms with van der Waals surface area (Å²) < 4.78 is 0. The molecular formula is C15H14ClNOS. The van der Waals surface area contributed by atoms with Crippen molar-refractivity contribution in [2.75, 3.05) is 0 Å². The summed E-state index contributed by atoms with van der Waals surface area (Å²) in [6.45, 7) is 1.84. The Hall–Kier alpha value is -1.32. The summed E-state index contributed by atoms with van der Waals surface area (Å²) in [4.78, 5) is 16.7. The average molecular weight is 292 g/mol. The number of ketones is 1. The van der Waals surface area contributed by atoms with E-state index in [1.807, 2.05) is 37.3 Å². The van der Waals surface area contributed by atoms with E-state index in [4.69, 9.17) is 11.6 Å². The van der Waals surface area contributed by atoms with E-state index in [0.29, 0.717) is 12.1 Å².